The van der Waals surface area contributed by atoms with E-state index in [-0.39, 0.29) is 5.92 Å². The Hall–Kier alpha value is -4.73. The lowest BCUT2D eigenvalue weighted by Gasteiger charge is -2.31. The van der Waals surface area contributed by atoms with Crippen LogP contribution in [0.2, 0.25) is 0 Å². The number of benzene rings is 1. The van der Waals surface area contributed by atoms with Crippen molar-refractivity contribution in [2.75, 3.05) is 18.4 Å². The largest absolute Gasteiger partial charge is 0.334 e. The van der Waals surface area contributed by atoms with Crippen LogP contribution in [0.4, 0.5) is 5.69 Å². The van der Waals surface area contributed by atoms with Crippen LogP contribution in [0, 0.1) is 0 Å². The van der Waals surface area contributed by atoms with Gasteiger partial charge in [-0.3, -0.25) is 14.6 Å². The topological polar surface area (TPSA) is 119 Å². The smallest absolute Gasteiger partial charge is 0.313 e. The summed E-state index contributed by atoms with van der Waals surface area (Å²) in [5.41, 5.74) is 3.63. The van der Waals surface area contributed by atoms with Crippen LogP contribution >= 0.6 is 0 Å². The summed E-state index contributed by atoms with van der Waals surface area (Å²) in [6.45, 7) is 0.982. The standard InChI is InChI=1S/C26H22N8O2/c35-25(30-19-14-29-34(16-19)23-15-28-21-5-1-2-6-22(21)31-23)26(36)33-12-9-17(10-13-33)20-8-7-18-4-3-11-27-24(18)32-20/h1-8,11,14-17H,9-10,12-13H2,(H,30,35). The van der Waals surface area contributed by atoms with E-state index in [1.54, 1.807) is 23.5 Å². The summed E-state index contributed by atoms with van der Waals surface area (Å²) < 4.78 is 1.51. The molecular formula is C26H22N8O2. The van der Waals surface area contributed by atoms with Gasteiger partial charge in [0.05, 0.1) is 35.3 Å². The first-order chi connectivity index (χ1) is 17.6. The lowest BCUT2D eigenvalue weighted by Crippen LogP contribution is -2.43. The van der Waals surface area contributed by atoms with E-state index in [9.17, 15) is 9.59 Å². The van der Waals surface area contributed by atoms with Crippen molar-refractivity contribution in [3.05, 3.63) is 79.0 Å². The van der Waals surface area contributed by atoms with E-state index in [4.69, 9.17) is 4.98 Å². The first kappa shape index (κ1) is 21.8. The molecule has 1 saturated heterocycles. The Kier molecular flexibility index (Phi) is 5.53. The number of hydrogen-bond donors (Lipinski definition) is 1. The molecule has 1 aromatic carbocycles. The molecule has 0 radical (unpaired) electrons. The zero-order chi connectivity index (χ0) is 24.5. The minimum atomic E-state index is -0.689. The number of carbonyl (C=O) groups excluding carboxylic acids is 2. The van der Waals surface area contributed by atoms with E-state index in [0.717, 1.165) is 40.6 Å². The maximum Gasteiger partial charge on any atom is 0.313 e. The molecule has 1 fully saturated rings. The molecule has 10 nitrogen and oxygen atoms in total. The quantitative estimate of drug-likeness (QED) is 0.396. The molecule has 178 valence electrons. The average molecular weight is 479 g/mol. The third kappa shape index (κ3) is 4.24. The Morgan fingerprint density at radius 1 is 0.889 bits per heavy atom. The molecule has 0 unspecified atom stereocenters. The van der Waals surface area contributed by atoms with Crippen LogP contribution in [0.3, 0.4) is 0 Å². The molecule has 1 aliphatic rings. The van der Waals surface area contributed by atoms with E-state index in [1.807, 2.05) is 48.5 Å². The average Bonchev–Trinajstić information content (AvgIpc) is 3.40. The number of nitrogens with zero attached hydrogens (tertiary/aromatic N) is 7. The van der Waals surface area contributed by atoms with E-state index < -0.39 is 11.8 Å². The Morgan fingerprint density at radius 3 is 2.58 bits per heavy atom. The first-order valence-electron chi connectivity index (χ1n) is 11.7. The van der Waals surface area contributed by atoms with Crippen LogP contribution in [0.25, 0.3) is 27.9 Å². The first-order valence-corrected chi connectivity index (χ1v) is 11.7. The van der Waals surface area contributed by atoms with Crippen LogP contribution in [-0.2, 0) is 9.59 Å². The van der Waals surface area contributed by atoms with Gasteiger partial charge in [0.2, 0.25) is 0 Å². The molecule has 5 heterocycles. The molecule has 5 aromatic rings. The zero-order valence-electron chi connectivity index (χ0n) is 19.3. The molecule has 2 amide bonds. The highest BCUT2D eigenvalue weighted by atomic mass is 16.2. The highest BCUT2D eigenvalue weighted by Crippen LogP contribution is 2.28. The molecule has 4 aromatic heterocycles. The third-order valence-corrected chi connectivity index (χ3v) is 6.39. The van der Waals surface area contributed by atoms with E-state index in [1.165, 1.54) is 10.9 Å². The number of carbonyl (C=O) groups is 2. The SMILES string of the molecule is O=C(Nc1cnn(-c2cnc3ccccc3n2)c1)C(=O)N1CCC(c2ccc3cccnc3n2)CC1. The lowest BCUT2D eigenvalue weighted by atomic mass is 9.92. The molecule has 0 spiro atoms. The third-order valence-electron chi connectivity index (χ3n) is 6.39. The van der Waals surface area contributed by atoms with Gasteiger partial charge in [0.25, 0.3) is 0 Å². The second-order valence-corrected chi connectivity index (χ2v) is 8.70. The Labute approximate surface area is 206 Å². The van der Waals surface area contributed by atoms with Crippen molar-refractivity contribution < 1.29 is 9.59 Å². The molecule has 0 atom stereocenters. The van der Waals surface area contributed by atoms with Gasteiger partial charge in [0.1, 0.15) is 0 Å². The van der Waals surface area contributed by atoms with E-state index in [0.29, 0.717) is 24.6 Å². The summed E-state index contributed by atoms with van der Waals surface area (Å²) in [6.07, 6.45) is 7.91. The van der Waals surface area contributed by atoms with Crippen molar-refractivity contribution in [1.29, 1.82) is 0 Å². The summed E-state index contributed by atoms with van der Waals surface area (Å²) >= 11 is 0. The maximum absolute atomic E-state index is 12.8. The molecule has 0 saturated carbocycles. The number of fused-ring (bicyclic) bond motifs is 2. The van der Waals surface area contributed by atoms with Gasteiger partial charge in [0, 0.05) is 36.3 Å². The summed E-state index contributed by atoms with van der Waals surface area (Å²) in [5, 5.41) is 7.89. The fraction of sp³-hybridized carbons (Fsp3) is 0.192. The van der Waals surface area contributed by atoms with Crippen LogP contribution < -0.4 is 5.32 Å². The number of piperidine rings is 1. The van der Waals surface area contributed by atoms with E-state index >= 15 is 0 Å². The van der Waals surface area contributed by atoms with Crippen LogP contribution in [-0.4, -0.2) is 59.5 Å². The summed E-state index contributed by atoms with van der Waals surface area (Å²) in [7, 11) is 0. The van der Waals surface area contributed by atoms with Crippen molar-refractivity contribution in [3.63, 3.8) is 0 Å². The van der Waals surface area contributed by atoms with Crippen LogP contribution in [0.5, 0.6) is 0 Å². The Balaban J connectivity index is 1.08. The summed E-state index contributed by atoms with van der Waals surface area (Å²) in [4.78, 5) is 45.0. The second kappa shape index (κ2) is 9.14. The van der Waals surface area contributed by atoms with E-state index in [2.05, 4.69) is 25.4 Å². The minimum absolute atomic E-state index is 0.227. The number of hydrogen-bond acceptors (Lipinski definition) is 7. The number of amides is 2. The Bertz CT molecular complexity index is 1590. The molecule has 6 rings (SSSR count). The summed E-state index contributed by atoms with van der Waals surface area (Å²) in [6, 6.07) is 15.5. The molecule has 0 bridgehead atoms. The van der Waals surface area contributed by atoms with Crippen LogP contribution in [0.1, 0.15) is 24.5 Å². The van der Waals surface area contributed by atoms with Gasteiger partial charge in [0.15, 0.2) is 11.5 Å². The summed E-state index contributed by atoms with van der Waals surface area (Å²) in [5.74, 6) is -0.504. The van der Waals surface area contributed by atoms with Crippen molar-refractivity contribution in [3.8, 4) is 5.82 Å². The van der Waals surface area contributed by atoms with Gasteiger partial charge < -0.3 is 10.2 Å². The monoisotopic (exact) mass is 478 g/mol. The minimum Gasteiger partial charge on any atom is -0.334 e. The molecule has 10 heteroatoms. The number of pyridine rings is 2. The number of para-hydroxylation sites is 2. The molecule has 0 aliphatic carbocycles. The molecule has 1 N–H and O–H groups in total. The van der Waals surface area contributed by atoms with Gasteiger partial charge in [-0.2, -0.15) is 5.10 Å². The van der Waals surface area contributed by atoms with Crippen molar-refractivity contribution >= 4 is 39.6 Å². The number of likely N-dealkylation sites (tertiary alicyclic amines) is 1. The number of rotatable bonds is 3. The number of aromatic nitrogens is 6. The second-order valence-electron chi connectivity index (χ2n) is 8.70. The highest BCUT2D eigenvalue weighted by Gasteiger charge is 2.28. The van der Waals surface area contributed by atoms with Crippen molar-refractivity contribution in [2.24, 2.45) is 0 Å². The molecule has 36 heavy (non-hydrogen) atoms. The van der Waals surface area contributed by atoms with Gasteiger partial charge in [-0.25, -0.2) is 19.6 Å². The number of anilines is 1. The predicted octanol–water partition coefficient (Wildman–Crippen LogP) is 3.10. The zero-order valence-corrected chi connectivity index (χ0v) is 19.3. The van der Waals surface area contributed by atoms with Gasteiger partial charge in [-0.05, 0) is 49.2 Å². The molecule has 1 aliphatic heterocycles. The van der Waals surface area contributed by atoms with Crippen molar-refractivity contribution in [1.82, 2.24) is 34.6 Å². The fourth-order valence-corrected chi connectivity index (χ4v) is 4.47. The lowest BCUT2D eigenvalue weighted by molar-refractivity contribution is -0.143. The predicted molar refractivity (Wildman–Crippen MR) is 133 cm³/mol. The maximum atomic E-state index is 12.8. The highest BCUT2D eigenvalue weighted by molar-refractivity contribution is 6.39. The normalized spacial score (nSPS) is 14.3. The number of nitrogens with one attached hydrogen (secondary N) is 1. The van der Waals surface area contributed by atoms with Crippen LogP contribution in [0.15, 0.2) is 73.3 Å². The van der Waals surface area contributed by atoms with Gasteiger partial charge in [-0.1, -0.05) is 12.1 Å². The fourth-order valence-electron chi connectivity index (χ4n) is 4.47. The molecular weight excluding hydrogens is 456 g/mol. The van der Waals surface area contributed by atoms with Gasteiger partial charge >= 0.3 is 11.8 Å². The van der Waals surface area contributed by atoms with Crippen molar-refractivity contribution in [2.45, 2.75) is 18.8 Å². The van der Waals surface area contributed by atoms with Gasteiger partial charge in [-0.15, -0.1) is 0 Å². The Morgan fingerprint density at radius 2 is 1.72 bits per heavy atom.